The van der Waals surface area contributed by atoms with E-state index in [0.29, 0.717) is 6.42 Å². The second-order valence-corrected chi connectivity index (χ2v) is 4.26. The Kier molecular flexibility index (Phi) is 4.46. The Morgan fingerprint density at radius 1 is 1.25 bits per heavy atom. The standard InChI is InChI=1S/C9H10O2.H3O4P/c10-9-6-5-7-3-1-2-4-8(7)11-9;1-5(2,3)4/h1-4,9-10H,5-6H2;(H3,1,2,3,4). The molecule has 1 heterocycles. The van der Waals surface area contributed by atoms with Gasteiger partial charge in [-0.3, -0.25) is 0 Å². The van der Waals surface area contributed by atoms with Gasteiger partial charge < -0.3 is 24.5 Å². The number of hydrogen-bond donors (Lipinski definition) is 4. The number of aliphatic hydroxyl groups is 1. The van der Waals surface area contributed by atoms with Crippen LogP contribution in [0.4, 0.5) is 0 Å². The van der Waals surface area contributed by atoms with E-state index in [-0.39, 0.29) is 0 Å². The molecular formula is C9H13O6P. The number of aliphatic hydroxyl groups excluding tert-OH is 1. The van der Waals surface area contributed by atoms with Crippen molar-refractivity contribution in [3.05, 3.63) is 29.8 Å². The van der Waals surface area contributed by atoms with Crippen LogP contribution in [0.15, 0.2) is 24.3 Å². The van der Waals surface area contributed by atoms with Crippen LogP contribution in [0.3, 0.4) is 0 Å². The number of aryl methyl sites for hydroxylation is 1. The van der Waals surface area contributed by atoms with Crippen LogP contribution in [-0.4, -0.2) is 26.1 Å². The van der Waals surface area contributed by atoms with Crippen LogP contribution < -0.4 is 4.74 Å². The molecule has 0 radical (unpaired) electrons. The van der Waals surface area contributed by atoms with Crippen LogP contribution in [0.5, 0.6) is 5.75 Å². The highest BCUT2D eigenvalue weighted by Gasteiger charge is 2.15. The van der Waals surface area contributed by atoms with Crippen molar-refractivity contribution in [3.8, 4) is 5.75 Å². The van der Waals surface area contributed by atoms with Gasteiger partial charge in [0.2, 0.25) is 0 Å². The number of fused-ring (bicyclic) bond motifs is 1. The van der Waals surface area contributed by atoms with Crippen molar-refractivity contribution >= 4 is 7.82 Å². The summed E-state index contributed by atoms with van der Waals surface area (Å²) >= 11 is 0. The number of ether oxygens (including phenoxy) is 1. The van der Waals surface area contributed by atoms with Gasteiger partial charge in [0, 0.05) is 6.42 Å². The minimum absolute atomic E-state index is 0.607. The Hall–Kier alpha value is -0.910. The van der Waals surface area contributed by atoms with E-state index in [9.17, 15) is 0 Å². The Morgan fingerprint density at radius 2 is 1.81 bits per heavy atom. The molecule has 6 nitrogen and oxygen atoms in total. The van der Waals surface area contributed by atoms with Gasteiger partial charge in [0.25, 0.3) is 0 Å². The summed E-state index contributed by atoms with van der Waals surface area (Å²) in [5.74, 6) is 0.825. The summed E-state index contributed by atoms with van der Waals surface area (Å²) in [5, 5.41) is 9.13. The van der Waals surface area contributed by atoms with Crippen molar-refractivity contribution in [2.75, 3.05) is 0 Å². The van der Waals surface area contributed by atoms with E-state index < -0.39 is 14.1 Å². The van der Waals surface area contributed by atoms with Crippen LogP contribution in [0.1, 0.15) is 12.0 Å². The van der Waals surface area contributed by atoms with Gasteiger partial charge in [-0.05, 0) is 18.1 Å². The van der Waals surface area contributed by atoms with Crippen LogP contribution in [0.25, 0.3) is 0 Å². The Morgan fingerprint density at radius 3 is 2.44 bits per heavy atom. The topological polar surface area (TPSA) is 107 Å². The van der Waals surface area contributed by atoms with E-state index in [1.165, 1.54) is 5.56 Å². The minimum Gasteiger partial charge on any atom is -0.465 e. The lowest BCUT2D eigenvalue weighted by atomic mass is 10.1. The van der Waals surface area contributed by atoms with Gasteiger partial charge in [-0.2, -0.15) is 0 Å². The van der Waals surface area contributed by atoms with Crippen molar-refractivity contribution in [2.45, 2.75) is 19.1 Å². The van der Waals surface area contributed by atoms with Crippen molar-refractivity contribution < 1.29 is 29.1 Å². The van der Waals surface area contributed by atoms with E-state index in [4.69, 9.17) is 29.1 Å². The highest BCUT2D eigenvalue weighted by molar-refractivity contribution is 7.45. The third-order valence-corrected chi connectivity index (χ3v) is 1.90. The summed E-state index contributed by atoms with van der Waals surface area (Å²) < 4.78 is 14.1. The first-order chi connectivity index (χ1) is 7.36. The largest absolute Gasteiger partial charge is 0.466 e. The maximum Gasteiger partial charge on any atom is 0.466 e. The zero-order valence-corrected chi connectivity index (χ0v) is 9.25. The predicted octanol–water partition coefficient (Wildman–Crippen LogP) is 0.401. The zero-order chi connectivity index (χ0) is 12.2. The van der Waals surface area contributed by atoms with E-state index >= 15 is 0 Å². The van der Waals surface area contributed by atoms with Gasteiger partial charge >= 0.3 is 7.82 Å². The molecule has 0 amide bonds. The molecule has 16 heavy (non-hydrogen) atoms. The van der Waals surface area contributed by atoms with Gasteiger partial charge in [0.15, 0.2) is 6.29 Å². The molecule has 0 saturated heterocycles. The fraction of sp³-hybridized carbons (Fsp3) is 0.333. The maximum atomic E-state index is 9.13. The lowest BCUT2D eigenvalue weighted by Crippen LogP contribution is -2.21. The van der Waals surface area contributed by atoms with E-state index in [1.54, 1.807) is 0 Å². The SMILES string of the molecule is O=P(O)(O)O.OC1CCc2ccccc2O1. The zero-order valence-electron chi connectivity index (χ0n) is 8.35. The van der Waals surface area contributed by atoms with Crippen molar-refractivity contribution in [2.24, 2.45) is 0 Å². The first-order valence-electron chi connectivity index (χ1n) is 4.57. The first kappa shape index (κ1) is 13.2. The fourth-order valence-corrected chi connectivity index (χ4v) is 1.31. The van der Waals surface area contributed by atoms with Gasteiger partial charge in [0.05, 0.1) is 0 Å². The molecule has 1 aliphatic heterocycles. The van der Waals surface area contributed by atoms with Crippen molar-refractivity contribution in [1.82, 2.24) is 0 Å². The van der Waals surface area contributed by atoms with Gasteiger partial charge in [-0.25, -0.2) is 4.57 Å². The molecule has 1 aromatic carbocycles. The molecular weight excluding hydrogens is 235 g/mol. The number of rotatable bonds is 0. The molecule has 1 aromatic rings. The Bertz CT molecular complexity index is 379. The molecule has 1 unspecified atom stereocenters. The van der Waals surface area contributed by atoms with Gasteiger partial charge in [0.1, 0.15) is 5.75 Å². The Labute approximate surface area is 92.4 Å². The molecule has 1 aliphatic rings. The van der Waals surface area contributed by atoms with Crippen LogP contribution in [-0.2, 0) is 11.0 Å². The molecule has 7 heteroatoms. The lowest BCUT2D eigenvalue weighted by Gasteiger charge is -2.21. The number of para-hydroxylation sites is 1. The van der Waals surface area contributed by atoms with E-state index in [0.717, 1.165) is 12.2 Å². The van der Waals surface area contributed by atoms with Gasteiger partial charge in [-0.1, -0.05) is 18.2 Å². The minimum atomic E-state index is -4.64. The number of hydrogen-bond acceptors (Lipinski definition) is 3. The third-order valence-electron chi connectivity index (χ3n) is 1.90. The molecule has 90 valence electrons. The molecule has 1 atom stereocenters. The maximum absolute atomic E-state index is 9.13. The van der Waals surface area contributed by atoms with Crippen LogP contribution >= 0.6 is 7.82 Å². The highest BCUT2D eigenvalue weighted by Crippen LogP contribution is 2.26. The summed E-state index contributed by atoms with van der Waals surface area (Å²) in [4.78, 5) is 21.6. The summed E-state index contributed by atoms with van der Waals surface area (Å²) in [6.45, 7) is 0. The summed E-state index contributed by atoms with van der Waals surface area (Å²) in [5.41, 5.74) is 1.19. The average molecular weight is 248 g/mol. The summed E-state index contributed by atoms with van der Waals surface area (Å²) in [7, 11) is -4.64. The molecule has 0 fully saturated rings. The van der Waals surface area contributed by atoms with Crippen LogP contribution in [0, 0.1) is 0 Å². The molecule has 2 rings (SSSR count). The lowest BCUT2D eigenvalue weighted by molar-refractivity contribution is -0.0316. The van der Waals surface area contributed by atoms with Crippen LogP contribution in [0.2, 0.25) is 0 Å². The summed E-state index contributed by atoms with van der Waals surface area (Å²) in [6.07, 6.45) is 1.01. The Balaban J connectivity index is 0.000000221. The smallest absolute Gasteiger partial charge is 0.465 e. The predicted molar refractivity (Wildman–Crippen MR) is 55.7 cm³/mol. The second kappa shape index (κ2) is 5.43. The quantitative estimate of drug-likeness (QED) is 0.495. The highest BCUT2D eigenvalue weighted by atomic mass is 31.2. The first-order valence-corrected chi connectivity index (χ1v) is 6.13. The van der Waals surface area contributed by atoms with Crippen molar-refractivity contribution in [1.29, 1.82) is 0 Å². The number of benzene rings is 1. The molecule has 0 aromatic heterocycles. The monoisotopic (exact) mass is 248 g/mol. The number of phosphoric acid groups is 1. The fourth-order valence-electron chi connectivity index (χ4n) is 1.31. The second-order valence-electron chi connectivity index (χ2n) is 3.23. The average Bonchev–Trinajstić information content (AvgIpc) is 2.15. The van der Waals surface area contributed by atoms with E-state index in [1.807, 2.05) is 24.3 Å². The molecule has 0 spiro atoms. The molecule has 0 saturated carbocycles. The molecule has 0 aliphatic carbocycles. The summed E-state index contributed by atoms with van der Waals surface area (Å²) in [6, 6.07) is 7.82. The molecule has 0 bridgehead atoms. The van der Waals surface area contributed by atoms with Crippen molar-refractivity contribution in [3.63, 3.8) is 0 Å². The third kappa shape index (κ3) is 5.25. The van der Waals surface area contributed by atoms with Gasteiger partial charge in [-0.15, -0.1) is 0 Å². The molecule has 4 N–H and O–H groups in total. The normalized spacial score (nSPS) is 18.9. The van der Waals surface area contributed by atoms with E-state index in [2.05, 4.69) is 0 Å².